The minimum atomic E-state index is -2.50. The average molecular weight is 504 g/mol. The van der Waals surface area contributed by atoms with Crippen molar-refractivity contribution < 1.29 is 8.78 Å². The van der Waals surface area contributed by atoms with E-state index in [1.807, 2.05) is 50.9 Å². The molecule has 2 saturated heterocycles. The molecule has 0 aromatic heterocycles. The molecule has 35 heavy (non-hydrogen) atoms. The number of benzene rings is 1. The number of nitrogens with one attached hydrogen (secondary N) is 3. The van der Waals surface area contributed by atoms with Crippen LogP contribution in [0.3, 0.4) is 0 Å². The maximum absolute atomic E-state index is 13.2. The Morgan fingerprint density at radius 1 is 1.29 bits per heavy atom. The molecule has 8 heteroatoms. The van der Waals surface area contributed by atoms with Crippen molar-refractivity contribution in [3.8, 4) is 0 Å². The average Bonchev–Trinajstić information content (AvgIpc) is 2.83. The monoisotopic (exact) mass is 503 g/mol. The van der Waals surface area contributed by atoms with Gasteiger partial charge in [0.2, 0.25) is 0 Å². The lowest BCUT2D eigenvalue weighted by Crippen LogP contribution is -2.51. The molecule has 3 rings (SSSR count). The number of rotatable bonds is 11. The number of alkyl halides is 2. The lowest BCUT2D eigenvalue weighted by atomic mass is 9.94. The van der Waals surface area contributed by atoms with Crippen molar-refractivity contribution >= 4 is 23.3 Å². The van der Waals surface area contributed by atoms with Crippen molar-refractivity contribution in [2.45, 2.75) is 45.6 Å². The number of halogens is 2. The molecule has 0 spiro atoms. The largest absolute Gasteiger partial charge is 0.367 e. The van der Waals surface area contributed by atoms with Gasteiger partial charge in [-0.1, -0.05) is 18.2 Å². The molecule has 2 heterocycles. The third-order valence-corrected chi connectivity index (χ3v) is 7.43. The minimum Gasteiger partial charge on any atom is -0.367 e. The number of hydrogen-bond acceptors (Lipinski definition) is 5. The highest BCUT2D eigenvalue weighted by atomic mass is 32.2. The number of anilines is 1. The highest BCUT2D eigenvalue weighted by Crippen LogP contribution is 2.26. The SMILES string of the molecule is C=CCC1CN(C(=NC(=CC)NC2CCSCC2)/C(CNC)=C(\C)Nc2cccc(C(F)F)c2)C1. The van der Waals surface area contributed by atoms with Crippen LogP contribution in [-0.2, 0) is 0 Å². The Morgan fingerprint density at radius 2 is 2.03 bits per heavy atom. The molecule has 5 nitrogen and oxygen atoms in total. The molecule has 2 fully saturated rings. The van der Waals surface area contributed by atoms with Crippen LogP contribution >= 0.6 is 11.8 Å². The summed E-state index contributed by atoms with van der Waals surface area (Å²) < 4.78 is 26.5. The Hall–Kier alpha value is -2.32. The zero-order valence-electron chi connectivity index (χ0n) is 21.1. The second-order valence-electron chi connectivity index (χ2n) is 9.12. The molecule has 3 N–H and O–H groups in total. The maximum Gasteiger partial charge on any atom is 0.263 e. The Labute approximate surface area is 213 Å². The molecule has 0 atom stereocenters. The van der Waals surface area contributed by atoms with Gasteiger partial charge in [0.15, 0.2) is 0 Å². The Bertz CT molecular complexity index is 931. The molecule has 0 unspecified atom stereocenters. The predicted molar refractivity (Wildman–Crippen MR) is 146 cm³/mol. The van der Waals surface area contributed by atoms with Crippen LogP contribution in [0.1, 0.15) is 45.1 Å². The van der Waals surface area contributed by atoms with Gasteiger partial charge in [-0.2, -0.15) is 11.8 Å². The number of amidine groups is 1. The number of hydrogen-bond donors (Lipinski definition) is 3. The Kier molecular flexibility index (Phi) is 10.7. The number of allylic oxidation sites excluding steroid dienone is 3. The zero-order valence-corrected chi connectivity index (χ0v) is 21.9. The van der Waals surface area contributed by atoms with Gasteiger partial charge < -0.3 is 20.9 Å². The van der Waals surface area contributed by atoms with E-state index < -0.39 is 6.43 Å². The van der Waals surface area contributed by atoms with Gasteiger partial charge in [-0.15, -0.1) is 6.58 Å². The standard InChI is InChI=1S/C27H39F2N5S/c1-5-8-20-17-34(18-20)27(33-25(6-2)32-22-11-13-35-14-12-22)24(16-30-4)19(3)31-23-10-7-9-21(15-23)26(28)29/h5-7,9-10,15,20,22,26,30-32H,1,8,11-14,16-18H2,2-4H3/b24-19+,25-6?,33-27?. The van der Waals surface area contributed by atoms with Gasteiger partial charge in [-0.3, -0.25) is 0 Å². The van der Waals surface area contributed by atoms with Crippen LogP contribution in [0.15, 0.2) is 65.1 Å². The van der Waals surface area contributed by atoms with E-state index in [2.05, 4.69) is 27.4 Å². The van der Waals surface area contributed by atoms with Crippen LogP contribution in [0.25, 0.3) is 0 Å². The quantitative estimate of drug-likeness (QED) is 0.203. The summed E-state index contributed by atoms with van der Waals surface area (Å²) >= 11 is 2.01. The molecule has 0 amide bonds. The molecule has 2 aliphatic heterocycles. The second kappa shape index (κ2) is 13.7. The smallest absolute Gasteiger partial charge is 0.263 e. The van der Waals surface area contributed by atoms with Gasteiger partial charge in [0.1, 0.15) is 11.7 Å². The first kappa shape index (κ1) is 27.3. The summed E-state index contributed by atoms with van der Waals surface area (Å²) in [5, 5.41) is 10.3. The van der Waals surface area contributed by atoms with E-state index in [4.69, 9.17) is 4.99 Å². The summed E-state index contributed by atoms with van der Waals surface area (Å²) in [4.78, 5) is 7.44. The minimum absolute atomic E-state index is 0.00733. The van der Waals surface area contributed by atoms with E-state index in [1.165, 1.54) is 23.6 Å². The third kappa shape index (κ3) is 7.84. The van der Waals surface area contributed by atoms with Crippen molar-refractivity contribution in [1.82, 2.24) is 15.5 Å². The number of nitrogens with zero attached hydrogens (tertiary/aromatic N) is 2. The zero-order chi connectivity index (χ0) is 25.2. The van der Waals surface area contributed by atoms with Crippen LogP contribution in [-0.4, -0.2) is 55.0 Å². The van der Waals surface area contributed by atoms with Crippen molar-refractivity contribution in [2.75, 3.05) is 43.5 Å². The van der Waals surface area contributed by atoms with Crippen molar-refractivity contribution in [1.29, 1.82) is 0 Å². The fourth-order valence-electron chi connectivity index (χ4n) is 4.40. The first-order valence-corrected chi connectivity index (χ1v) is 13.6. The molecule has 0 radical (unpaired) electrons. The topological polar surface area (TPSA) is 51.7 Å². The van der Waals surface area contributed by atoms with Gasteiger partial charge in [0, 0.05) is 48.2 Å². The summed E-state index contributed by atoms with van der Waals surface area (Å²) in [6.45, 7) is 10.3. The molecular formula is C27H39F2N5S. The van der Waals surface area contributed by atoms with Gasteiger partial charge in [0.25, 0.3) is 6.43 Å². The number of likely N-dealkylation sites (N-methyl/N-ethyl adjacent to an activating group) is 1. The molecule has 0 saturated carbocycles. The van der Waals surface area contributed by atoms with E-state index in [-0.39, 0.29) is 5.56 Å². The second-order valence-corrected chi connectivity index (χ2v) is 10.3. The summed E-state index contributed by atoms with van der Waals surface area (Å²) in [5.41, 5.74) is 2.56. The lowest BCUT2D eigenvalue weighted by Gasteiger charge is -2.42. The number of likely N-dealkylation sites (tertiary alicyclic amines) is 1. The van der Waals surface area contributed by atoms with E-state index in [0.717, 1.165) is 55.3 Å². The Morgan fingerprint density at radius 3 is 2.66 bits per heavy atom. The highest BCUT2D eigenvalue weighted by Gasteiger charge is 2.31. The maximum atomic E-state index is 13.2. The van der Waals surface area contributed by atoms with Crippen LogP contribution in [0, 0.1) is 5.92 Å². The Balaban J connectivity index is 1.91. The third-order valence-electron chi connectivity index (χ3n) is 6.38. The normalized spacial score (nSPS) is 18.9. The molecule has 1 aromatic rings. The summed E-state index contributed by atoms with van der Waals surface area (Å²) in [6.07, 6.45) is 4.78. The highest BCUT2D eigenvalue weighted by molar-refractivity contribution is 7.99. The fourth-order valence-corrected chi connectivity index (χ4v) is 5.51. The van der Waals surface area contributed by atoms with Crippen molar-refractivity contribution in [2.24, 2.45) is 10.9 Å². The van der Waals surface area contributed by atoms with Gasteiger partial charge in [0.05, 0.1) is 0 Å². The summed E-state index contributed by atoms with van der Waals surface area (Å²) in [5.74, 6) is 4.71. The molecular weight excluding hydrogens is 464 g/mol. The number of thioether (sulfide) groups is 1. The van der Waals surface area contributed by atoms with Crippen molar-refractivity contribution in [3.63, 3.8) is 0 Å². The van der Waals surface area contributed by atoms with E-state index in [1.54, 1.807) is 6.07 Å². The molecule has 192 valence electrons. The molecule has 0 aliphatic carbocycles. The molecule has 1 aromatic carbocycles. The van der Waals surface area contributed by atoms with Crippen molar-refractivity contribution in [3.05, 3.63) is 65.7 Å². The fraction of sp³-hybridized carbons (Fsp3) is 0.519. The van der Waals surface area contributed by atoms with Gasteiger partial charge in [-0.25, -0.2) is 13.8 Å². The van der Waals surface area contributed by atoms with E-state index in [0.29, 0.717) is 24.2 Å². The van der Waals surface area contributed by atoms with Crippen LogP contribution in [0.5, 0.6) is 0 Å². The van der Waals surface area contributed by atoms with Gasteiger partial charge >= 0.3 is 0 Å². The van der Waals surface area contributed by atoms with E-state index >= 15 is 0 Å². The molecule has 2 aliphatic rings. The van der Waals surface area contributed by atoms with Gasteiger partial charge in [-0.05, 0) is 75.8 Å². The first-order valence-electron chi connectivity index (χ1n) is 12.4. The summed E-state index contributed by atoms with van der Waals surface area (Å²) in [7, 11) is 1.91. The van der Waals surface area contributed by atoms with Crippen LogP contribution in [0.2, 0.25) is 0 Å². The lowest BCUT2D eigenvalue weighted by molar-refractivity contribution is 0.151. The first-order chi connectivity index (χ1) is 16.9. The number of aliphatic imine (C=N–C) groups is 1. The van der Waals surface area contributed by atoms with E-state index in [9.17, 15) is 8.78 Å². The predicted octanol–water partition coefficient (Wildman–Crippen LogP) is 5.78. The van der Waals surface area contributed by atoms with Crippen LogP contribution < -0.4 is 16.0 Å². The van der Waals surface area contributed by atoms with Crippen LogP contribution in [0.4, 0.5) is 14.5 Å². The molecule has 0 bridgehead atoms. The summed E-state index contributed by atoms with van der Waals surface area (Å²) in [6, 6.07) is 6.86.